The highest BCUT2D eigenvalue weighted by molar-refractivity contribution is 8.00. The molecule has 1 saturated heterocycles. The highest BCUT2D eigenvalue weighted by atomic mass is 32.2. The second-order valence-corrected chi connectivity index (χ2v) is 10.4. The average Bonchev–Trinajstić information content (AvgIpc) is 3.03. The SMILES string of the molecule is C=CCn1c(S[C@H](C)C(=O)N(C)[C@@H]2CCS(=O)(=O)C2)nc2ccccc2c1=O. The molecular formula is C19H23N3O4S2. The minimum atomic E-state index is -3.07. The average molecular weight is 422 g/mol. The fraction of sp³-hybridized carbons (Fsp3) is 0.421. The number of thioether (sulfide) groups is 1. The van der Waals surface area contributed by atoms with Crippen LogP contribution in [0.4, 0.5) is 0 Å². The number of aromatic nitrogens is 2. The Kier molecular flexibility index (Phi) is 5.95. The van der Waals surface area contributed by atoms with E-state index in [0.717, 1.165) is 0 Å². The van der Waals surface area contributed by atoms with Gasteiger partial charge in [-0.2, -0.15) is 0 Å². The summed E-state index contributed by atoms with van der Waals surface area (Å²) in [5, 5.41) is 0.440. The van der Waals surface area contributed by atoms with Crippen LogP contribution in [0.15, 0.2) is 46.9 Å². The van der Waals surface area contributed by atoms with Gasteiger partial charge in [0, 0.05) is 19.6 Å². The third-order valence-electron chi connectivity index (χ3n) is 4.87. The number of sulfone groups is 1. The molecule has 1 aliphatic heterocycles. The molecule has 0 bridgehead atoms. The van der Waals surface area contributed by atoms with E-state index in [1.165, 1.54) is 21.2 Å². The fourth-order valence-corrected chi connectivity index (χ4v) is 6.08. The molecule has 0 N–H and O–H groups in total. The molecule has 0 saturated carbocycles. The molecular weight excluding hydrogens is 398 g/mol. The topological polar surface area (TPSA) is 89.3 Å². The van der Waals surface area contributed by atoms with Gasteiger partial charge in [0.2, 0.25) is 5.91 Å². The Balaban J connectivity index is 1.86. The largest absolute Gasteiger partial charge is 0.341 e. The normalized spacial score (nSPS) is 19.4. The maximum atomic E-state index is 12.8. The van der Waals surface area contributed by atoms with Crippen LogP contribution in [-0.4, -0.2) is 58.6 Å². The van der Waals surface area contributed by atoms with E-state index in [4.69, 9.17) is 0 Å². The molecule has 7 nitrogen and oxygen atoms in total. The van der Waals surface area contributed by atoms with Gasteiger partial charge in [0.05, 0.1) is 27.7 Å². The molecule has 1 amide bonds. The lowest BCUT2D eigenvalue weighted by Gasteiger charge is -2.26. The Morgan fingerprint density at radius 2 is 2.18 bits per heavy atom. The molecule has 3 rings (SSSR count). The van der Waals surface area contributed by atoms with Crippen LogP contribution in [0.5, 0.6) is 0 Å². The molecule has 1 fully saturated rings. The minimum absolute atomic E-state index is 0.00201. The van der Waals surface area contributed by atoms with E-state index in [1.807, 2.05) is 6.07 Å². The first-order valence-corrected chi connectivity index (χ1v) is 11.7. The number of hydrogen-bond acceptors (Lipinski definition) is 6. The second-order valence-electron chi connectivity index (χ2n) is 6.88. The Morgan fingerprint density at radius 1 is 1.46 bits per heavy atom. The lowest BCUT2D eigenvalue weighted by molar-refractivity contribution is -0.130. The number of para-hydroxylation sites is 1. The van der Waals surface area contributed by atoms with Gasteiger partial charge in [0.15, 0.2) is 15.0 Å². The molecule has 1 aromatic heterocycles. The third-order valence-corrected chi connectivity index (χ3v) is 7.70. The van der Waals surface area contributed by atoms with Crippen LogP contribution < -0.4 is 5.56 Å². The van der Waals surface area contributed by atoms with E-state index >= 15 is 0 Å². The maximum absolute atomic E-state index is 12.8. The Hall–Kier alpha value is -2.13. The van der Waals surface area contributed by atoms with Gasteiger partial charge < -0.3 is 4.90 Å². The zero-order chi connectivity index (χ0) is 20.5. The van der Waals surface area contributed by atoms with Crippen molar-refractivity contribution in [3.05, 3.63) is 47.3 Å². The number of amides is 1. The van der Waals surface area contributed by atoms with Gasteiger partial charge in [-0.1, -0.05) is 30.0 Å². The zero-order valence-electron chi connectivity index (χ0n) is 15.9. The van der Waals surface area contributed by atoms with Crippen LogP contribution in [0.3, 0.4) is 0 Å². The molecule has 1 aromatic carbocycles. The van der Waals surface area contributed by atoms with Crippen molar-refractivity contribution in [2.75, 3.05) is 18.6 Å². The fourth-order valence-electron chi connectivity index (χ4n) is 3.28. The van der Waals surface area contributed by atoms with Gasteiger partial charge in [-0.25, -0.2) is 13.4 Å². The number of carbonyl (C=O) groups is 1. The van der Waals surface area contributed by atoms with Crippen LogP contribution >= 0.6 is 11.8 Å². The Labute approximate surface area is 168 Å². The number of carbonyl (C=O) groups excluding carboxylic acids is 1. The number of benzene rings is 1. The molecule has 0 aliphatic carbocycles. The summed E-state index contributed by atoms with van der Waals surface area (Å²) in [5.41, 5.74) is 0.396. The number of rotatable bonds is 6. The molecule has 1 aliphatic rings. The highest BCUT2D eigenvalue weighted by Crippen LogP contribution is 2.26. The Bertz CT molecular complexity index is 1080. The van der Waals surface area contributed by atoms with Crippen molar-refractivity contribution in [2.24, 2.45) is 0 Å². The van der Waals surface area contributed by atoms with Crippen LogP contribution in [0.25, 0.3) is 10.9 Å². The number of fused-ring (bicyclic) bond motifs is 1. The van der Waals surface area contributed by atoms with E-state index in [9.17, 15) is 18.0 Å². The summed E-state index contributed by atoms with van der Waals surface area (Å²) in [5.74, 6) is -0.0658. The zero-order valence-corrected chi connectivity index (χ0v) is 17.5. The predicted octanol–water partition coefficient (Wildman–Crippen LogP) is 1.71. The lowest BCUT2D eigenvalue weighted by Crippen LogP contribution is -2.42. The van der Waals surface area contributed by atoms with E-state index in [0.29, 0.717) is 22.5 Å². The van der Waals surface area contributed by atoms with Gasteiger partial charge in [0.1, 0.15) is 0 Å². The monoisotopic (exact) mass is 421 g/mol. The molecule has 2 atom stereocenters. The molecule has 2 heterocycles. The molecule has 9 heteroatoms. The Morgan fingerprint density at radius 3 is 2.82 bits per heavy atom. The number of hydrogen-bond donors (Lipinski definition) is 0. The first kappa shape index (κ1) is 20.6. The maximum Gasteiger partial charge on any atom is 0.262 e. The van der Waals surface area contributed by atoms with Crippen molar-refractivity contribution in [3.63, 3.8) is 0 Å². The van der Waals surface area contributed by atoms with Crippen LogP contribution in [0.2, 0.25) is 0 Å². The van der Waals surface area contributed by atoms with Crippen molar-refractivity contribution in [3.8, 4) is 0 Å². The summed E-state index contributed by atoms with van der Waals surface area (Å²) >= 11 is 1.20. The van der Waals surface area contributed by atoms with Crippen molar-refractivity contribution < 1.29 is 13.2 Å². The third kappa shape index (κ3) is 4.15. The van der Waals surface area contributed by atoms with Crippen LogP contribution in [0.1, 0.15) is 13.3 Å². The number of nitrogens with zero attached hydrogens (tertiary/aromatic N) is 3. The molecule has 0 radical (unpaired) electrons. The van der Waals surface area contributed by atoms with Gasteiger partial charge in [-0.3, -0.25) is 14.2 Å². The van der Waals surface area contributed by atoms with Crippen molar-refractivity contribution in [1.82, 2.24) is 14.5 Å². The van der Waals surface area contributed by atoms with Gasteiger partial charge >= 0.3 is 0 Å². The quantitative estimate of drug-likeness (QED) is 0.401. The molecule has 150 valence electrons. The van der Waals surface area contributed by atoms with Crippen molar-refractivity contribution >= 4 is 38.4 Å². The molecule has 0 spiro atoms. The van der Waals surface area contributed by atoms with Crippen molar-refractivity contribution in [1.29, 1.82) is 0 Å². The summed E-state index contributed by atoms with van der Waals surface area (Å²) in [6.45, 7) is 5.73. The summed E-state index contributed by atoms with van der Waals surface area (Å²) < 4.78 is 24.9. The first-order chi connectivity index (χ1) is 13.2. The van der Waals surface area contributed by atoms with Gasteiger partial charge in [-0.05, 0) is 25.5 Å². The van der Waals surface area contributed by atoms with Gasteiger partial charge in [-0.15, -0.1) is 6.58 Å². The highest BCUT2D eigenvalue weighted by Gasteiger charge is 2.34. The second kappa shape index (κ2) is 8.08. The summed E-state index contributed by atoms with van der Waals surface area (Å²) in [7, 11) is -1.44. The summed E-state index contributed by atoms with van der Waals surface area (Å²) in [4.78, 5) is 31.7. The van der Waals surface area contributed by atoms with E-state index in [2.05, 4.69) is 11.6 Å². The first-order valence-electron chi connectivity index (χ1n) is 8.97. The standard InChI is InChI=1S/C19H23N3O4S2/c1-4-10-22-18(24)15-7-5-6-8-16(15)20-19(22)27-13(2)17(23)21(3)14-9-11-28(25,26)12-14/h4-8,13-14H,1,9-12H2,2-3H3/t13-,14-/m1/s1. The molecule has 0 unspecified atom stereocenters. The summed E-state index contributed by atoms with van der Waals surface area (Å²) in [6.07, 6.45) is 2.07. The number of allylic oxidation sites excluding steroid dienone is 1. The van der Waals surface area contributed by atoms with Gasteiger partial charge in [0.25, 0.3) is 5.56 Å². The lowest BCUT2D eigenvalue weighted by atomic mass is 10.2. The summed E-state index contributed by atoms with van der Waals surface area (Å²) in [6, 6.07) is 6.78. The van der Waals surface area contributed by atoms with E-state index < -0.39 is 15.1 Å². The van der Waals surface area contributed by atoms with Crippen LogP contribution in [0, 0.1) is 0 Å². The molecule has 28 heavy (non-hydrogen) atoms. The minimum Gasteiger partial charge on any atom is -0.341 e. The van der Waals surface area contributed by atoms with E-state index in [-0.39, 0.29) is 35.6 Å². The predicted molar refractivity (Wildman–Crippen MR) is 111 cm³/mol. The van der Waals surface area contributed by atoms with Crippen molar-refractivity contribution in [2.45, 2.75) is 36.3 Å². The molecule has 2 aromatic rings. The smallest absolute Gasteiger partial charge is 0.262 e. The van der Waals surface area contributed by atoms with Crippen LogP contribution in [-0.2, 0) is 21.2 Å². The van der Waals surface area contributed by atoms with E-state index in [1.54, 1.807) is 38.2 Å².